The molecule has 0 aliphatic heterocycles. The third-order valence-corrected chi connectivity index (χ3v) is 3.04. The quantitative estimate of drug-likeness (QED) is 0.739. The number of hydrogen-bond acceptors (Lipinski definition) is 1. The second-order valence-electron chi connectivity index (χ2n) is 4.16. The van der Waals surface area contributed by atoms with E-state index in [0.29, 0.717) is 5.92 Å². The standard InChI is InChI=1S/C12H14O2/c1-7-3-4-9-10(5-7)8(2)6-11(9)12(13)14/h3-5,8,11H,6H2,1-2H3,(H,13,14). The monoisotopic (exact) mass is 190 g/mol. The Labute approximate surface area is 83.6 Å². The van der Waals surface area contributed by atoms with Gasteiger partial charge < -0.3 is 5.11 Å². The van der Waals surface area contributed by atoms with Gasteiger partial charge in [0.25, 0.3) is 0 Å². The van der Waals surface area contributed by atoms with Gasteiger partial charge in [0.1, 0.15) is 0 Å². The number of carboxylic acid groups (broad SMARTS) is 1. The zero-order valence-electron chi connectivity index (χ0n) is 8.45. The largest absolute Gasteiger partial charge is 0.481 e. The molecule has 74 valence electrons. The van der Waals surface area contributed by atoms with Crippen molar-refractivity contribution in [1.82, 2.24) is 0 Å². The highest BCUT2D eigenvalue weighted by Gasteiger charge is 2.32. The van der Waals surface area contributed by atoms with E-state index >= 15 is 0 Å². The Morgan fingerprint density at radius 3 is 2.79 bits per heavy atom. The molecule has 0 heterocycles. The third kappa shape index (κ3) is 1.31. The van der Waals surface area contributed by atoms with Gasteiger partial charge in [-0.05, 0) is 30.4 Å². The van der Waals surface area contributed by atoms with Gasteiger partial charge in [0.15, 0.2) is 0 Å². The Bertz CT molecular complexity index is 382. The van der Waals surface area contributed by atoms with Crippen LogP contribution < -0.4 is 0 Å². The molecule has 2 nitrogen and oxygen atoms in total. The van der Waals surface area contributed by atoms with Gasteiger partial charge in [0.05, 0.1) is 5.92 Å². The van der Waals surface area contributed by atoms with Crippen LogP contribution >= 0.6 is 0 Å². The summed E-state index contributed by atoms with van der Waals surface area (Å²) in [5.74, 6) is -0.606. The summed E-state index contributed by atoms with van der Waals surface area (Å²) in [6.07, 6.45) is 0.744. The zero-order chi connectivity index (χ0) is 10.3. The van der Waals surface area contributed by atoms with Crippen molar-refractivity contribution < 1.29 is 9.90 Å². The number of aryl methyl sites for hydroxylation is 1. The van der Waals surface area contributed by atoms with Gasteiger partial charge in [-0.15, -0.1) is 0 Å². The highest BCUT2D eigenvalue weighted by Crippen LogP contribution is 2.41. The van der Waals surface area contributed by atoms with Gasteiger partial charge in [0.2, 0.25) is 0 Å². The van der Waals surface area contributed by atoms with E-state index in [1.54, 1.807) is 0 Å². The highest BCUT2D eigenvalue weighted by atomic mass is 16.4. The molecule has 0 amide bonds. The van der Waals surface area contributed by atoms with Crippen molar-refractivity contribution >= 4 is 5.97 Å². The molecule has 0 saturated carbocycles. The molecule has 0 radical (unpaired) electrons. The lowest BCUT2D eigenvalue weighted by Crippen LogP contribution is -2.07. The Morgan fingerprint density at radius 2 is 2.14 bits per heavy atom. The van der Waals surface area contributed by atoms with Crippen LogP contribution in [0.5, 0.6) is 0 Å². The smallest absolute Gasteiger partial charge is 0.311 e. The lowest BCUT2D eigenvalue weighted by molar-refractivity contribution is -0.138. The summed E-state index contributed by atoms with van der Waals surface area (Å²) in [6.45, 7) is 4.14. The van der Waals surface area contributed by atoms with Gasteiger partial charge in [0, 0.05) is 0 Å². The summed E-state index contributed by atoms with van der Waals surface area (Å²) in [5.41, 5.74) is 3.44. The molecule has 0 bridgehead atoms. The summed E-state index contributed by atoms with van der Waals surface area (Å²) in [4.78, 5) is 11.0. The van der Waals surface area contributed by atoms with Crippen LogP contribution in [0.25, 0.3) is 0 Å². The summed E-state index contributed by atoms with van der Waals surface area (Å²) in [5, 5.41) is 9.05. The molecule has 2 heteroatoms. The van der Waals surface area contributed by atoms with Crippen molar-refractivity contribution in [2.24, 2.45) is 0 Å². The number of rotatable bonds is 1. The number of aliphatic carboxylic acids is 1. The average Bonchev–Trinajstić information content (AvgIpc) is 2.44. The maximum Gasteiger partial charge on any atom is 0.311 e. The number of fused-ring (bicyclic) bond motifs is 1. The van der Waals surface area contributed by atoms with Crippen LogP contribution in [0.2, 0.25) is 0 Å². The summed E-state index contributed by atoms with van der Waals surface area (Å²) in [7, 11) is 0. The molecular weight excluding hydrogens is 176 g/mol. The first-order valence-electron chi connectivity index (χ1n) is 4.93. The van der Waals surface area contributed by atoms with Crippen LogP contribution in [0.15, 0.2) is 18.2 Å². The first-order chi connectivity index (χ1) is 6.59. The number of carboxylic acids is 1. The first-order valence-corrected chi connectivity index (χ1v) is 4.93. The van der Waals surface area contributed by atoms with E-state index in [1.165, 1.54) is 11.1 Å². The van der Waals surface area contributed by atoms with Gasteiger partial charge >= 0.3 is 5.97 Å². The zero-order valence-corrected chi connectivity index (χ0v) is 8.45. The molecule has 1 aliphatic rings. The first kappa shape index (κ1) is 9.25. The topological polar surface area (TPSA) is 37.3 Å². The number of benzene rings is 1. The fourth-order valence-corrected chi connectivity index (χ4v) is 2.28. The molecule has 1 aromatic rings. The van der Waals surface area contributed by atoms with Crippen LogP contribution in [0.1, 0.15) is 41.9 Å². The van der Waals surface area contributed by atoms with Crippen LogP contribution in [0, 0.1) is 6.92 Å². The molecule has 0 fully saturated rings. The number of hydrogen-bond donors (Lipinski definition) is 1. The van der Waals surface area contributed by atoms with Crippen LogP contribution in [-0.2, 0) is 4.79 Å². The third-order valence-electron chi connectivity index (χ3n) is 3.04. The van der Waals surface area contributed by atoms with Crippen LogP contribution in [0.3, 0.4) is 0 Å². The molecule has 1 N–H and O–H groups in total. The maximum atomic E-state index is 11.0. The van der Waals surface area contributed by atoms with Crippen molar-refractivity contribution in [1.29, 1.82) is 0 Å². The van der Waals surface area contributed by atoms with E-state index in [-0.39, 0.29) is 5.92 Å². The molecule has 2 rings (SSSR count). The van der Waals surface area contributed by atoms with E-state index in [9.17, 15) is 4.79 Å². The summed E-state index contributed by atoms with van der Waals surface area (Å²) < 4.78 is 0. The predicted molar refractivity (Wildman–Crippen MR) is 54.6 cm³/mol. The fraction of sp³-hybridized carbons (Fsp3) is 0.417. The van der Waals surface area contributed by atoms with Crippen molar-refractivity contribution in [2.75, 3.05) is 0 Å². The van der Waals surface area contributed by atoms with E-state index in [0.717, 1.165) is 12.0 Å². The van der Waals surface area contributed by atoms with Gasteiger partial charge in [-0.25, -0.2) is 0 Å². The lowest BCUT2D eigenvalue weighted by atomic mass is 10.00. The Morgan fingerprint density at radius 1 is 1.43 bits per heavy atom. The maximum absolute atomic E-state index is 11.0. The SMILES string of the molecule is Cc1ccc2c(c1)C(C)CC2C(=O)O. The van der Waals surface area contributed by atoms with Gasteiger partial charge in [-0.2, -0.15) is 0 Å². The summed E-state index contributed by atoms with van der Waals surface area (Å²) >= 11 is 0. The Kier molecular flexibility index (Phi) is 2.06. The molecule has 0 saturated heterocycles. The van der Waals surface area contributed by atoms with Gasteiger partial charge in [-0.1, -0.05) is 30.7 Å². The molecule has 2 atom stereocenters. The van der Waals surface area contributed by atoms with Crippen molar-refractivity contribution in [2.45, 2.75) is 32.1 Å². The molecule has 0 spiro atoms. The van der Waals surface area contributed by atoms with E-state index in [4.69, 9.17) is 5.11 Å². The lowest BCUT2D eigenvalue weighted by Gasteiger charge is -2.05. The van der Waals surface area contributed by atoms with Gasteiger partial charge in [-0.3, -0.25) is 4.79 Å². The van der Waals surface area contributed by atoms with Crippen LogP contribution in [0.4, 0.5) is 0 Å². The number of carbonyl (C=O) groups is 1. The second-order valence-corrected chi connectivity index (χ2v) is 4.16. The predicted octanol–water partition coefficient (Wildman–Crippen LogP) is 2.67. The molecule has 0 aromatic heterocycles. The Balaban J connectivity index is 2.49. The van der Waals surface area contributed by atoms with E-state index in [1.807, 2.05) is 19.1 Å². The molecule has 1 aliphatic carbocycles. The fourth-order valence-electron chi connectivity index (χ4n) is 2.28. The molecule has 14 heavy (non-hydrogen) atoms. The summed E-state index contributed by atoms with van der Waals surface area (Å²) in [6, 6.07) is 6.07. The van der Waals surface area contributed by atoms with Crippen molar-refractivity contribution in [3.8, 4) is 0 Å². The minimum atomic E-state index is -0.695. The molecular formula is C12H14O2. The van der Waals surface area contributed by atoms with Crippen molar-refractivity contribution in [3.63, 3.8) is 0 Å². The minimum Gasteiger partial charge on any atom is -0.481 e. The normalized spacial score (nSPS) is 24.7. The van der Waals surface area contributed by atoms with E-state index < -0.39 is 5.97 Å². The molecule has 2 unspecified atom stereocenters. The van der Waals surface area contributed by atoms with Crippen LogP contribution in [-0.4, -0.2) is 11.1 Å². The van der Waals surface area contributed by atoms with E-state index in [2.05, 4.69) is 13.0 Å². The second kappa shape index (κ2) is 3.12. The molecule has 1 aromatic carbocycles. The van der Waals surface area contributed by atoms with Crippen molar-refractivity contribution in [3.05, 3.63) is 34.9 Å². The average molecular weight is 190 g/mol. The highest BCUT2D eigenvalue weighted by molar-refractivity contribution is 5.78. The Hall–Kier alpha value is -1.31. The minimum absolute atomic E-state index is 0.291.